The second kappa shape index (κ2) is 60.7. The molecule has 5 unspecified atom stereocenters. The Morgan fingerprint density at radius 3 is 0.789 bits per heavy atom. The molecular formula is C71H138O17P2. The van der Waals surface area contributed by atoms with Crippen molar-refractivity contribution in [3.8, 4) is 0 Å². The summed E-state index contributed by atoms with van der Waals surface area (Å²) in [5, 5.41) is 10.6. The van der Waals surface area contributed by atoms with Gasteiger partial charge < -0.3 is 33.8 Å². The molecule has 0 bridgehead atoms. The summed E-state index contributed by atoms with van der Waals surface area (Å²) in [5.41, 5.74) is 0. The standard InChI is InChI=1S/C71H138O17P2/c1-9-63(7)49-41-33-24-21-22-26-38-46-54-71(76)88-67(58-82-69(74)52-44-36-30-28-34-42-50-64(8)10-2)60-86-90(79,80)84-56-65(72)55-83-89(77,78)85-59-66(57-81-68(73)51-43-35-29-27-32-40-48-62(5)6)87-70(75)53-45-37-25-20-18-16-14-12-11-13-15-17-19-23-31-39-47-61(3)4/h61-67,72H,9-60H2,1-8H3,(H,77,78)(H,79,80)/t63?,64?,65?,66-,67-/m1/s1. The van der Waals surface area contributed by atoms with E-state index < -0.39 is 97.5 Å². The van der Waals surface area contributed by atoms with E-state index in [-0.39, 0.29) is 25.7 Å². The number of aliphatic hydroxyl groups is 1. The van der Waals surface area contributed by atoms with E-state index in [1.807, 2.05) is 0 Å². The molecule has 0 fully saturated rings. The van der Waals surface area contributed by atoms with E-state index >= 15 is 0 Å². The molecule has 0 amide bonds. The molecule has 0 spiro atoms. The first-order valence-electron chi connectivity index (χ1n) is 36.8. The molecular weight excluding hydrogens is 1190 g/mol. The fourth-order valence-electron chi connectivity index (χ4n) is 10.6. The summed E-state index contributed by atoms with van der Waals surface area (Å²) in [6.07, 6.45) is 43.3. The molecule has 17 nitrogen and oxygen atoms in total. The van der Waals surface area contributed by atoms with Gasteiger partial charge in [-0.05, 0) is 49.4 Å². The molecule has 0 aliphatic heterocycles. The zero-order valence-corrected chi connectivity index (χ0v) is 60.6. The van der Waals surface area contributed by atoms with Gasteiger partial charge in [0.1, 0.15) is 19.3 Å². The molecule has 0 saturated carbocycles. The van der Waals surface area contributed by atoms with Crippen LogP contribution in [-0.2, 0) is 65.4 Å². The maximum Gasteiger partial charge on any atom is 0.472 e. The molecule has 19 heteroatoms. The molecule has 534 valence electrons. The Kier molecular flexibility index (Phi) is 59.4. The predicted octanol–water partition coefficient (Wildman–Crippen LogP) is 20.1. The quantitative estimate of drug-likeness (QED) is 0.0222. The number of carbonyl (C=O) groups is 4. The Balaban J connectivity index is 5.20. The van der Waals surface area contributed by atoms with Crippen molar-refractivity contribution < 1.29 is 80.2 Å². The number of hydrogen-bond acceptors (Lipinski definition) is 15. The molecule has 0 aromatic carbocycles. The van der Waals surface area contributed by atoms with Crippen molar-refractivity contribution in [2.24, 2.45) is 23.7 Å². The number of carbonyl (C=O) groups excluding carboxylic acids is 4. The highest BCUT2D eigenvalue weighted by Crippen LogP contribution is 2.45. The van der Waals surface area contributed by atoms with Gasteiger partial charge in [-0.3, -0.25) is 37.3 Å². The maximum atomic E-state index is 13.0. The number of ether oxygens (including phenoxy) is 4. The van der Waals surface area contributed by atoms with Gasteiger partial charge in [-0.15, -0.1) is 0 Å². The van der Waals surface area contributed by atoms with Crippen molar-refractivity contribution in [1.29, 1.82) is 0 Å². The van der Waals surface area contributed by atoms with Crippen molar-refractivity contribution in [2.75, 3.05) is 39.6 Å². The first-order chi connectivity index (χ1) is 43.2. The van der Waals surface area contributed by atoms with Crippen LogP contribution in [0.4, 0.5) is 0 Å². The molecule has 0 saturated heterocycles. The van der Waals surface area contributed by atoms with E-state index in [0.29, 0.717) is 31.6 Å². The van der Waals surface area contributed by atoms with Gasteiger partial charge in [0.15, 0.2) is 12.2 Å². The predicted molar refractivity (Wildman–Crippen MR) is 363 cm³/mol. The Labute approximate surface area is 549 Å². The molecule has 0 radical (unpaired) electrons. The van der Waals surface area contributed by atoms with Crippen molar-refractivity contribution in [2.45, 2.75) is 369 Å². The van der Waals surface area contributed by atoms with Crippen molar-refractivity contribution in [1.82, 2.24) is 0 Å². The second-order valence-corrected chi connectivity index (χ2v) is 30.0. The van der Waals surface area contributed by atoms with Gasteiger partial charge in [0, 0.05) is 25.7 Å². The summed E-state index contributed by atoms with van der Waals surface area (Å²) >= 11 is 0. The Bertz CT molecular complexity index is 1790. The molecule has 0 heterocycles. The summed E-state index contributed by atoms with van der Waals surface area (Å²) in [6, 6.07) is 0. The van der Waals surface area contributed by atoms with Crippen LogP contribution in [0.5, 0.6) is 0 Å². The largest absolute Gasteiger partial charge is 0.472 e. The third-order valence-corrected chi connectivity index (χ3v) is 18.9. The molecule has 0 aliphatic carbocycles. The smallest absolute Gasteiger partial charge is 0.462 e. The number of aliphatic hydroxyl groups excluding tert-OH is 1. The molecule has 7 atom stereocenters. The number of esters is 4. The monoisotopic (exact) mass is 1320 g/mol. The van der Waals surface area contributed by atoms with E-state index in [2.05, 4.69) is 55.4 Å². The van der Waals surface area contributed by atoms with Crippen LogP contribution in [0.3, 0.4) is 0 Å². The fourth-order valence-corrected chi connectivity index (χ4v) is 12.2. The lowest BCUT2D eigenvalue weighted by molar-refractivity contribution is -0.161. The van der Waals surface area contributed by atoms with Crippen LogP contribution in [0.15, 0.2) is 0 Å². The fraction of sp³-hybridized carbons (Fsp3) is 0.944. The van der Waals surface area contributed by atoms with Crippen LogP contribution in [0.2, 0.25) is 0 Å². The van der Waals surface area contributed by atoms with E-state index in [1.165, 1.54) is 141 Å². The minimum atomic E-state index is -4.95. The third-order valence-electron chi connectivity index (χ3n) is 17.0. The van der Waals surface area contributed by atoms with Crippen LogP contribution < -0.4 is 0 Å². The van der Waals surface area contributed by atoms with Crippen molar-refractivity contribution in [3.05, 3.63) is 0 Å². The highest BCUT2D eigenvalue weighted by Gasteiger charge is 2.30. The van der Waals surface area contributed by atoms with Gasteiger partial charge in [-0.25, -0.2) is 9.13 Å². The van der Waals surface area contributed by atoms with Gasteiger partial charge in [0.25, 0.3) is 0 Å². The third kappa shape index (κ3) is 62.2. The zero-order chi connectivity index (χ0) is 66.8. The van der Waals surface area contributed by atoms with E-state index in [0.717, 1.165) is 120 Å². The molecule has 0 aromatic rings. The van der Waals surface area contributed by atoms with Crippen LogP contribution >= 0.6 is 15.6 Å². The average Bonchev–Trinajstić information content (AvgIpc) is 2.85. The molecule has 0 aliphatic rings. The number of phosphoric acid groups is 2. The number of rotatable bonds is 68. The Hall–Kier alpha value is -1.94. The van der Waals surface area contributed by atoms with Gasteiger partial charge in [0.2, 0.25) is 0 Å². The lowest BCUT2D eigenvalue weighted by Gasteiger charge is -2.21. The van der Waals surface area contributed by atoms with Crippen LogP contribution in [0.1, 0.15) is 351 Å². The first-order valence-corrected chi connectivity index (χ1v) is 39.8. The highest BCUT2D eigenvalue weighted by atomic mass is 31.2. The van der Waals surface area contributed by atoms with E-state index in [9.17, 15) is 43.2 Å². The second-order valence-electron chi connectivity index (χ2n) is 27.1. The minimum Gasteiger partial charge on any atom is -0.462 e. The van der Waals surface area contributed by atoms with Gasteiger partial charge in [-0.2, -0.15) is 0 Å². The molecule has 0 aromatic heterocycles. The van der Waals surface area contributed by atoms with Gasteiger partial charge >= 0.3 is 39.5 Å². The van der Waals surface area contributed by atoms with Crippen molar-refractivity contribution in [3.63, 3.8) is 0 Å². The lowest BCUT2D eigenvalue weighted by Crippen LogP contribution is -2.30. The molecule has 0 rings (SSSR count). The average molecular weight is 1330 g/mol. The van der Waals surface area contributed by atoms with Crippen LogP contribution in [-0.4, -0.2) is 96.7 Å². The normalized spacial score (nSPS) is 14.9. The molecule has 90 heavy (non-hydrogen) atoms. The molecule has 3 N–H and O–H groups in total. The summed E-state index contributed by atoms with van der Waals surface area (Å²) in [4.78, 5) is 72.5. The van der Waals surface area contributed by atoms with Crippen LogP contribution in [0.25, 0.3) is 0 Å². The van der Waals surface area contributed by atoms with E-state index in [4.69, 9.17) is 37.0 Å². The number of phosphoric ester groups is 2. The maximum absolute atomic E-state index is 13.0. The SMILES string of the molecule is CCC(C)CCCCCCCCCCC(=O)O[C@H](COC(=O)CCCCCCCCC(C)CC)COP(=O)(O)OCC(O)COP(=O)(O)OC[C@@H](COC(=O)CCCCCCCCC(C)C)OC(=O)CCCCCCCCCCCCCCCCCCC(C)C. The minimum absolute atomic E-state index is 0.103. The van der Waals surface area contributed by atoms with Gasteiger partial charge in [0.05, 0.1) is 26.4 Å². The summed E-state index contributed by atoms with van der Waals surface area (Å²) in [7, 11) is -9.90. The Morgan fingerprint density at radius 1 is 0.311 bits per heavy atom. The van der Waals surface area contributed by atoms with Crippen molar-refractivity contribution >= 4 is 39.5 Å². The summed E-state index contributed by atoms with van der Waals surface area (Å²) in [5.74, 6) is 0.856. The number of hydrogen-bond donors (Lipinski definition) is 3. The topological polar surface area (TPSA) is 237 Å². The summed E-state index contributed by atoms with van der Waals surface area (Å²) < 4.78 is 68.3. The lowest BCUT2D eigenvalue weighted by atomic mass is 9.99. The first kappa shape index (κ1) is 88.1. The zero-order valence-electron chi connectivity index (χ0n) is 58.8. The Morgan fingerprint density at radius 2 is 0.533 bits per heavy atom. The van der Waals surface area contributed by atoms with Crippen LogP contribution in [0, 0.1) is 23.7 Å². The van der Waals surface area contributed by atoms with E-state index in [1.54, 1.807) is 0 Å². The number of unbranched alkanes of at least 4 members (excludes halogenated alkanes) is 32. The highest BCUT2D eigenvalue weighted by molar-refractivity contribution is 7.47. The summed E-state index contributed by atoms with van der Waals surface area (Å²) in [6.45, 7) is 14.1. The van der Waals surface area contributed by atoms with Gasteiger partial charge in [-0.1, -0.05) is 299 Å².